The number of hydrogen-bond donors (Lipinski definition) is 1. The summed E-state index contributed by atoms with van der Waals surface area (Å²) in [6.45, 7) is 8.17. The molecule has 0 saturated carbocycles. The number of piperazine rings is 1. The molecule has 0 spiro atoms. The van der Waals surface area contributed by atoms with Crippen LogP contribution < -0.4 is 10.1 Å². The van der Waals surface area contributed by atoms with Gasteiger partial charge in [-0.05, 0) is 31.5 Å². The van der Waals surface area contributed by atoms with E-state index in [4.69, 9.17) is 16.3 Å². The molecular weight excluding hydrogens is 302 g/mol. The molecule has 1 N–H and O–H groups in total. The minimum Gasteiger partial charge on any atom is -0.489 e. The van der Waals surface area contributed by atoms with Crippen molar-refractivity contribution in [2.45, 2.75) is 19.9 Å². The van der Waals surface area contributed by atoms with Crippen molar-refractivity contribution in [3.05, 3.63) is 28.5 Å². The Morgan fingerprint density at radius 1 is 1.40 bits per heavy atom. The molecule has 1 atom stereocenters. The van der Waals surface area contributed by atoms with E-state index < -0.39 is 0 Å². The van der Waals surface area contributed by atoms with Crippen LogP contribution >= 0.6 is 24.0 Å². The van der Waals surface area contributed by atoms with E-state index in [9.17, 15) is 4.39 Å². The summed E-state index contributed by atoms with van der Waals surface area (Å²) in [6.07, 6.45) is 0. The molecule has 1 aromatic rings. The first-order valence-corrected chi connectivity index (χ1v) is 7.07. The van der Waals surface area contributed by atoms with Gasteiger partial charge in [0.25, 0.3) is 0 Å². The van der Waals surface area contributed by atoms with Crippen LogP contribution in [0.25, 0.3) is 0 Å². The molecule has 1 heterocycles. The highest BCUT2D eigenvalue weighted by Crippen LogP contribution is 2.33. The Kier molecular flexibility index (Phi) is 7.03. The van der Waals surface area contributed by atoms with Crippen LogP contribution in [0.5, 0.6) is 5.75 Å². The highest BCUT2D eigenvalue weighted by atomic mass is 35.5. The topological polar surface area (TPSA) is 24.5 Å². The molecule has 0 bridgehead atoms. The van der Waals surface area contributed by atoms with Gasteiger partial charge in [0, 0.05) is 32.2 Å². The molecule has 6 heteroatoms. The van der Waals surface area contributed by atoms with Crippen LogP contribution in [-0.2, 0) is 0 Å². The van der Waals surface area contributed by atoms with Crippen LogP contribution in [0.1, 0.15) is 25.5 Å². The number of nitrogens with zero attached hydrogens (tertiary/aromatic N) is 1. The standard InChI is InChI=1S/C14H20ClFN2O.ClH/c1-3-19-14-12(15)8-11(9-13(14)16)10(2)18-6-4-17-5-7-18;/h8-10,17H,3-7H2,1-2H3;1H/t10-;/m1./s1. The Morgan fingerprint density at radius 2 is 2.05 bits per heavy atom. The molecule has 1 aromatic carbocycles. The molecule has 114 valence electrons. The molecule has 1 saturated heterocycles. The highest BCUT2D eigenvalue weighted by Gasteiger charge is 2.20. The van der Waals surface area contributed by atoms with Crippen molar-refractivity contribution >= 4 is 24.0 Å². The second kappa shape index (κ2) is 8.03. The third-order valence-corrected chi connectivity index (χ3v) is 3.77. The van der Waals surface area contributed by atoms with Crippen molar-refractivity contribution in [1.29, 1.82) is 0 Å². The third-order valence-electron chi connectivity index (χ3n) is 3.49. The van der Waals surface area contributed by atoms with E-state index in [1.165, 1.54) is 6.07 Å². The summed E-state index contributed by atoms with van der Waals surface area (Å²) in [5, 5.41) is 3.65. The Hall–Kier alpha value is -0.550. The van der Waals surface area contributed by atoms with E-state index in [1.807, 2.05) is 13.0 Å². The summed E-state index contributed by atoms with van der Waals surface area (Å²) in [5.74, 6) is -0.230. The molecule has 0 unspecified atom stereocenters. The predicted molar refractivity (Wildman–Crippen MR) is 82.7 cm³/mol. The number of halogens is 3. The first-order chi connectivity index (χ1) is 9.13. The fraction of sp³-hybridized carbons (Fsp3) is 0.571. The minimum atomic E-state index is -0.383. The quantitative estimate of drug-likeness (QED) is 0.920. The number of nitrogens with one attached hydrogen (secondary N) is 1. The van der Waals surface area contributed by atoms with Gasteiger partial charge in [-0.2, -0.15) is 0 Å². The first-order valence-electron chi connectivity index (χ1n) is 6.70. The molecule has 2 rings (SSSR count). The number of hydrogen-bond acceptors (Lipinski definition) is 3. The maximum absolute atomic E-state index is 14.0. The molecule has 3 nitrogen and oxygen atoms in total. The predicted octanol–water partition coefficient (Wildman–Crippen LogP) is 3.27. The van der Waals surface area contributed by atoms with Gasteiger partial charge >= 0.3 is 0 Å². The average Bonchev–Trinajstić information content (AvgIpc) is 2.43. The van der Waals surface area contributed by atoms with E-state index in [0.717, 1.165) is 31.7 Å². The summed E-state index contributed by atoms with van der Waals surface area (Å²) in [7, 11) is 0. The zero-order chi connectivity index (χ0) is 13.8. The molecule has 1 aliphatic heterocycles. The van der Waals surface area contributed by atoms with Crippen LogP contribution in [0.3, 0.4) is 0 Å². The molecule has 0 amide bonds. The van der Waals surface area contributed by atoms with Crippen LogP contribution in [0.15, 0.2) is 12.1 Å². The molecule has 1 aliphatic rings. The molecule has 0 aliphatic carbocycles. The summed E-state index contributed by atoms with van der Waals surface area (Å²) in [6, 6.07) is 3.50. The summed E-state index contributed by atoms with van der Waals surface area (Å²) < 4.78 is 19.2. The van der Waals surface area contributed by atoms with Gasteiger partial charge in [0.1, 0.15) is 0 Å². The van der Waals surface area contributed by atoms with Crippen LogP contribution in [0.4, 0.5) is 4.39 Å². The van der Waals surface area contributed by atoms with Crippen LogP contribution in [0.2, 0.25) is 5.02 Å². The Morgan fingerprint density at radius 3 is 2.60 bits per heavy atom. The smallest absolute Gasteiger partial charge is 0.173 e. The van der Waals surface area contributed by atoms with E-state index in [-0.39, 0.29) is 30.0 Å². The van der Waals surface area contributed by atoms with Crippen LogP contribution in [0, 0.1) is 5.82 Å². The zero-order valence-electron chi connectivity index (χ0n) is 11.8. The largest absolute Gasteiger partial charge is 0.489 e. The van der Waals surface area contributed by atoms with Gasteiger partial charge in [-0.3, -0.25) is 4.90 Å². The lowest BCUT2D eigenvalue weighted by Gasteiger charge is -2.33. The Labute approximate surface area is 130 Å². The summed E-state index contributed by atoms with van der Waals surface area (Å²) in [4.78, 5) is 2.32. The van der Waals surface area contributed by atoms with Gasteiger partial charge < -0.3 is 10.1 Å². The number of rotatable bonds is 4. The van der Waals surface area contributed by atoms with Gasteiger partial charge in [0.05, 0.1) is 11.6 Å². The van der Waals surface area contributed by atoms with Gasteiger partial charge in [-0.1, -0.05) is 11.6 Å². The van der Waals surface area contributed by atoms with E-state index in [2.05, 4.69) is 17.1 Å². The fourth-order valence-corrected chi connectivity index (χ4v) is 2.65. The van der Waals surface area contributed by atoms with E-state index >= 15 is 0 Å². The Balaban J connectivity index is 0.00000200. The van der Waals surface area contributed by atoms with Gasteiger partial charge in [0.15, 0.2) is 11.6 Å². The van der Waals surface area contributed by atoms with Crippen molar-refractivity contribution in [1.82, 2.24) is 10.2 Å². The van der Waals surface area contributed by atoms with E-state index in [1.54, 1.807) is 0 Å². The molecule has 0 aromatic heterocycles. The third kappa shape index (κ3) is 3.98. The zero-order valence-corrected chi connectivity index (χ0v) is 13.4. The fourth-order valence-electron chi connectivity index (χ4n) is 2.38. The number of benzene rings is 1. The second-order valence-corrected chi connectivity index (χ2v) is 5.12. The van der Waals surface area contributed by atoms with E-state index in [0.29, 0.717) is 11.6 Å². The second-order valence-electron chi connectivity index (χ2n) is 4.71. The average molecular weight is 323 g/mol. The molecular formula is C14H21Cl2FN2O. The maximum atomic E-state index is 14.0. The van der Waals surface area contributed by atoms with Crippen molar-refractivity contribution < 1.29 is 9.13 Å². The summed E-state index contributed by atoms with van der Waals surface area (Å²) in [5.41, 5.74) is 0.896. The van der Waals surface area contributed by atoms with Crippen LogP contribution in [-0.4, -0.2) is 37.7 Å². The van der Waals surface area contributed by atoms with Crippen molar-refractivity contribution in [3.63, 3.8) is 0 Å². The van der Waals surface area contributed by atoms with Gasteiger partial charge in [0.2, 0.25) is 0 Å². The summed E-state index contributed by atoms with van der Waals surface area (Å²) >= 11 is 6.10. The number of ether oxygens (including phenoxy) is 1. The Bertz CT molecular complexity index is 416. The SMILES string of the molecule is CCOc1c(F)cc([C@@H](C)N2CCNCC2)cc1Cl.Cl. The lowest BCUT2D eigenvalue weighted by Crippen LogP contribution is -2.44. The van der Waals surface area contributed by atoms with Gasteiger partial charge in [-0.15, -0.1) is 12.4 Å². The van der Waals surface area contributed by atoms with Crippen molar-refractivity contribution in [2.24, 2.45) is 0 Å². The van der Waals surface area contributed by atoms with Crippen molar-refractivity contribution in [2.75, 3.05) is 32.8 Å². The lowest BCUT2D eigenvalue weighted by molar-refractivity contribution is 0.185. The van der Waals surface area contributed by atoms with Gasteiger partial charge in [-0.25, -0.2) is 4.39 Å². The monoisotopic (exact) mass is 322 g/mol. The molecule has 20 heavy (non-hydrogen) atoms. The first kappa shape index (κ1) is 17.5. The lowest BCUT2D eigenvalue weighted by atomic mass is 10.1. The maximum Gasteiger partial charge on any atom is 0.173 e. The highest BCUT2D eigenvalue weighted by molar-refractivity contribution is 6.32. The normalized spacial score (nSPS) is 17.4. The minimum absolute atomic E-state index is 0. The molecule has 0 radical (unpaired) electrons. The molecule has 1 fully saturated rings. The van der Waals surface area contributed by atoms with Crippen molar-refractivity contribution in [3.8, 4) is 5.75 Å².